The highest BCUT2D eigenvalue weighted by Gasteiger charge is 2.24. The molecule has 8 nitrogen and oxygen atoms in total. The van der Waals surface area contributed by atoms with Crippen molar-refractivity contribution < 1.29 is 13.5 Å². The molecule has 1 aromatic carbocycles. The van der Waals surface area contributed by atoms with Crippen molar-refractivity contribution in [3.8, 4) is 0 Å². The number of hydrogen-bond donors (Lipinski definition) is 1. The molecule has 11 heteroatoms. The van der Waals surface area contributed by atoms with Crippen molar-refractivity contribution in [2.45, 2.75) is 32.4 Å². The number of aromatic nitrogens is 3. The second-order valence-corrected chi connectivity index (χ2v) is 7.95. The monoisotopic (exact) mass is 561 g/mol. The van der Waals surface area contributed by atoms with Crippen molar-refractivity contribution in [1.82, 2.24) is 25.0 Å². The lowest BCUT2D eigenvalue weighted by molar-refractivity contribution is 0.113. The number of benzene rings is 1. The quantitative estimate of drug-likeness (QED) is 0.344. The smallest absolute Gasteiger partial charge is 0.194 e. The van der Waals surface area contributed by atoms with E-state index in [2.05, 4.69) is 20.4 Å². The largest absolute Gasteiger partial charge is 0.376 e. The van der Waals surface area contributed by atoms with E-state index in [9.17, 15) is 8.78 Å². The van der Waals surface area contributed by atoms with Gasteiger partial charge in [-0.15, -0.1) is 34.2 Å². The van der Waals surface area contributed by atoms with Crippen molar-refractivity contribution in [1.29, 1.82) is 0 Å². The van der Waals surface area contributed by atoms with Gasteiger partial charge in [0.15, 0.2) is 11.8 Å². The van der Waals surface area contributed by atoms with Gasteiger partial charge in [-0.05, 0) is 31.9 Å². The first-order valence-electron chi connectivity index (χ1n) is 10.7. The van der Waals surface area contributed by atoms with Crippen molar-refractivity contribution >= 4 is 35.6 Å². The molecule has 176 valence electrons. The highest BCUT2D eigenvalue weighted by atomic mass is 127. The molecule has 1 aromatic heterocycles. The van der Waals surface area contributed by atoms with Crippen LogP contribution in [0.25, 0.3) is 0 Å². The summed E-state index contributed by atoms with van der Waals surface area (Å²) < 4.78 is 35.4. The molecule has 32 heavy (non-hydrogen) atoms. The molecular weight excluding hydrogens is 531 g/mol. The molecule has 2 aliphatic heterocycles. The normalized spacial score (nSPS) is 19.2. The third kappa shape index (κ3) is 5.85. The molecule has 4 rings (SSSR count). The predicted octanol–water partition coefficient (Wildman–Crippen LogP) is 2.47. The third-order valence-corrected chi connectivity index (χ3v) is 5.89. The summed E-state index contributed by atoms with van der Waals surface area (Å²) in [6.45, 7) is 6.24. The minimum Gasteiger partial charge on any atom is -0.376 e. The fraction of sp³-hybridized carbons (Fsp3) is 0.571. The van der Waals surface area contributed by atoms with Crippen molar-refractivity contribution in [3.05, 3.63) is 41.5 Å². The van der Waals surface area contributed by atoms with Gasteiger partial charge in [0.2, 0.25) is 0 Å². The van der Waals surface area contributed by atoms with E-state index in [1.165, 1.54) is 12.1 Å². The molecule has 0 radical (unpaired) electrons. The maximum Gasteiger partial charge on any atom is 0.194 e. The number of rotatable bonds is 5. The van der Waals surface area contributed by atoms with E-state index in [1.54, 1.807) is 0 Å². The zero-order valence-corrected chi connectivity index (χ0v) is 20.8. The van der Waals surface area contributed by atoms with E-state index >= 15 is 0 Å². The van der Waals surface area contributed by atoms with Gasteiger partial charge in [0.25, 0.3) is 0 Å². The summed E-state index contributed by atoms with van der Waals surface area (Å²) in [6, 6.07) is 3.57. The highest BCUT2D eigenvalue weighted by molar-refractivity contribution is 14.0. The van der Waals surface area contributed by atoms with Crippen LogP contribution in [0.15, 0.2) is 23.2 Å². The first-order chi connectivity index (χ1) is 15.0. The fourth-order valence-electron chi connectivity index (χ4n) is 3.90. The van der Waals surface area contributed by atoms with Gasteiger partial charge in [0.1, 0.15) is 24.0 Å². The summed E-state index contributed by atoms with van der Waals surface area (Å²) in [7, 11) is 1.92. The highest BCUT2D eigenvalue weighted by Crippen LogP contribution is 2.22. The number of nitrogens with zero attached hydrogens (tertiary/aromatic N) is 6. The molecule has 0 spiro atoms. The first-order valence-corrected chi connectivity index (χ1v) is 10.7. The van der Waals surface area contributed by atoms with E-state index in [0.29, 0.717) is 45.0 Å². The molecule has 0 aliphatic carbocycles. The number of aryl methyl sites for hydroxylation is 1. The van der Waals surface area contributed by atoms with E-state index in [0.717, 1.165) is 43.1 Å². The summed E-state index contributed by atoms with van der Waals surface area (Å²) in [4.78, 5) is 8.80. The third-order valence-electron chi connectivity index (χ3n) is 5.89. The first kappa shape index (κ1) is 24.6. The van der Waals surface area contributed by atoms with E-state index in [1.807, 2.05) is 23.4 Å². The van der Waals surface area contributed by atoms with Crippen molar-refractivity contribution in [2.24, 2.45) is 12.0 Å². The Bertz CT molecular complexity index is 925. The number of hydrogen-bond acceptors (Lipinski definition) is 5. The van der Waals surface area contributed by atoms with Crippen LogP contribution in [-0.4, -0.2) is 71.1 Å². The molecule has 0 saturated carbocycles. The lowest BCUT2D eigenvalue weighted by Crippen LogP contribution is -2.53. The summed E-state index contributed by atoms with van der Waals surface area (Å²) in [5.41, 5.74) is 0.306. The number of aliphatic imine (C=N–C) groups is 1. The zero-order valence-electron chi connectivity index (χ0n) is 18.4. The lowest BCUT2D eigenvalue weighted by atomic mass is 10.2. The van der Waals surface area contributed by atoms with E-state index in [4.69, 9.17) is 9.73 Å². The zero-order chi connectivity index (χ0) is 21.8. The molecule has 1 atom stereocenters. The molecule has 2 fully saturated rings. The number of halogens is 3. The Morgan fingerprint density at radius 2 is 2.00 bits per heavy atom. The number of ether oxygens (including phenoxy) is 1. The van der Waals surface area contributed by atoms with Crippen LogP contribution in [0.4, 0.5) is 14.5 Å². The Hall–Kier alpha value is -2.02. The van der Waals surface area contributed by atoms with Crippen molar-refractivity contribution in [3.63, 3.8) is 0 Å². The molecule has 2 aromatic rings. The number of guanidine groups is 1. The second kappa shape index (κ2) is 11.2. The van der Waals surface area contributed by atoms with Crippen LogP contribution < -0.4 is 10.2 Å². The summed E-state index contributed by atoms with van der Waals surface area (Å²) in [5.74, 6) is 1.56. The minimum atomic E-state index is -0.432. The topological polar surface area (TPSA) is 70.8 Å². The Labute approximate surface area is 204 Å². The molecule has 3 heterocycles. The van der Waals surface area contributed by atoms with E-state index < -0.39 is 11.6 Å². The summed E-state index contributed by atoms with van der Waals surface area (Å²) >= 11 is 0. The van der Waals surface area contributed by atoms with Gasteiger partial charge in [0.05, 0.1) is 11.8 Å². The van der Waals surface area contributed by atoms with Gasteiger partial charge in [-0.2, -0.15) is 0 Å². The second-order valence-electron chi connectivity index (χ2n) is 7.95. The van der Waals surface area contributed by atoms with Crippen LogP contribution >= 0.6 is 24.0 Å². The van der Waals surface area contributed by atoms with Gasteiger partial charge in [0, 0.05) is 52.4 Å². The minimum absolute atomic E-state index is 0. The average Bonchev–Trinajstić information content (AvgIpc) is 3.41. The van der Waals surface area contributed by atoms with Crippen LogP contribution in [0.1, 0.15) is 24.5 Å². The Morgan fingerprint density at radius 1 is 1.22 bits per heavy atom. The average molecular weight is 561 g/mol. The Balaban J connectivity index is 0.00000289. The van der Waals surface area contributed by atoms with Gasteiger partial charge >= 0.3 is 0 Å². The van der Waals surface area contributed by atoms with Gasteiger partial charge < -0.3 is 24.4 Å². The van der Waals surface area contributed by atoms with Crippen LogP contribution in [0.5, 0.6) is 0 Å². The van der Waals surface area contributed by atoms with Crippen LogP contribution in [-0.2, 0) is 18.3 Å². The molecule has 2 aliphatic rings. The molecule has 0 bridgehead atoms. The number of piperazine rings is 1. The maximum atomic E-state index is 14.2. The van der Waals surface area contributed by atoms with E-state index in [-0.39, 0.29) is 30.1 Å². The Morgan fingerprint density at radius 3 is 2.66 bits per heavy atom. The molecule has 1 N–H and O–H groups in total. The predicted molar refractivity (Wildman–Crippen MR) is 129 cm³/mol. The molecule has 2 saturated heterocycles. The standard InChI is InChI=1S/C21H29F2N7O.HI/c1-15-26-27-20(28(15)2)14-25-21(24-13-17-4-3-11-31-17)30-9-7-29(8-10-30)19-12-16(22)5-6-18(19)23;/h5-6,12,17H,3-4,7-11,13-14H2,1-2H3,(H,24,25);1H. The van der Waals surface area contributed by atoms with Gasteiger partial charge in [-0.3, -0.25) is 0 Å². The molecular formula is C21H30F2IN7O. The Kier molecular flexibility index (Phi) is 8.63. The fourth-order valence-corrected chi connectivity index (χ4v) is 3.90. The van der Waals surface area contributed by atoms with Crippen LogP contribution in [0.3, 0.4) is 0 Å². The summed E-state index contributed by atoms with van der Waals surface area (Å²) in [5, 5.41) is 11.7. The molecule has 0 amide bonds. The van der Waals surface area contributed by atoms with Crippen molar-refractivity contribution in [2.75, 3.05) is 44.2 Å². The number of nitrogens with one attached hydrogen (secondary N) is 1. The lowest BCUT2D eigenvalue weighted by Gasteiger charge is -2.38. The SMILES string of the molecule is Cc1nnc(CN=C(NCC2CCCO2)N2CCN(c3cc(F)ccc3F)CC2)n1C.I. The van der Waals surface area contributed by atoms with Crippen LogP contribution in [0, 0.1) is 18.6 Å². The van der Waals surface area contributed by atoms with Gasteiger partial charge in [-0.1, -0.05) is 0 Å². The molecule has 1 unspecified atom stereocenters. The van der Waals surface area contributed by atoms with Crippen LogP contribution in [0.2, 0.25) is 0 Å². The number of anilines is 1. The summed E-state index contributed by atoms with van der Waals surface area (Å²) in [6.07, 6.45) is 2.30. The van der Waals surface area contributed by atoms with Gasteiger partial charge in [-0.25, -0.2) is 13.8 Å². The maximum absolute atomic E-state index is 14.2.